The average Bonchev–Trinajstić information content (AvgIpc) is 1.97. The van der Waals surface area contributed by atoms with Crippen molar-refractivity contribution in [3.05, 3.63) is 0 Å². The van der Waals surface area contributed by atoms with E-state index >= 15 is 0 Å². The van der Waals surface area contributed by atoms with Crippen LogP contribution < -0.4 is 0 Å². The van der Waals surface area contributed by atoms with Crippen molar-refractivity contribution in [2.75, 3.05) is 0 Å². The molecule has 0 radical (unpaired) electrons. The van der Waals surface area contributed by atoms with Crippen molar-refractivity contribution in [3.8, 4) is 0 Å². The number of hydrogen-bond donors (Lipinski definition) is 0. The molecule has 0 N–H and O–H groups in total. The van der Waals surface area contributed by atoms with Gasteiger partial charge in [0.1, 0.15) is 0 Å². The first-order valence-corrected chi connectivity index (χ1v) is 3.76. The van der Waals surface area contributed by atoms with Crippen molar-refractivity contribution in [2.45, 2.75) is 37.5 Å². The molecule has 0 aromatic carbocycles. The summed E-state index contributed by atoms with van der Waals surface area (Å²) in [5.41, 5.74) is 0. The monoisotopic (exact) mass is 206 g/mol. The molecule has 78 valence electrons. The summed E-state index contributed by atoms with van der Waals surface area (Å²) in [7, 11) is 0. The quantitative estimate of drug-likeness (QED) is 0.533. The molecule has 1 rings (SSSR count). The third-order valence-electron chi connectivity index (χ3n) is 2.39. The first-order valence-electron chi connectivity index (χ1n) is 3.76. The summed E-state index contributed by atoms with van der Waals surface area (Å²) >= 11 is 0. The predicted molar refractivity (Wildman–Crippen MR) is 33.2 cm³/mol. The molecular formula is C7H8F6. The second-order valence-corrected chi connectivity index (χ2v) is 3.34. The van der Waals surface area contributed by atoms with E-state index in [0.29, 0.717) is 0 Å². The zero-order valence-electron chi connectivity index (χ0n) is 6.76. The molecule has 13 heavy (non-hydrogen) atoms. The lowest BCUT2D eigenvalue weighted by Gasteiger charge is -2.40. The normalized spacial score (nSPS) is 35.8. The number of halogens is 6. The molecule has 0 amide bonds. The number of alkyl halides is 6. The van der Waals surface area contributed by atoms with E-state index in [2.05, 4.69) is 0 Å². The molecule has 0 aliphatic heterocycles. The van der Waals surface area contributed by atoms with Gasteiger partial charge in [0.2, 0.25) is 0 Å². The molecular weight excluding hydrogens is 198 g/mol. The summed E-state index contributed by atoms with van der Waals surface area (Å²) in [4.78, 5) is 0. The van der Waals surface area contributed by atoms with Crippen LogP contribution in [0.25, 0.3) is 0 Å². The Morgan fingerprint density at radius 3 is 1.85 bits per heavy atom. The van der Waals surface area contributed by atoms with E-state index in [4.69, 9.17) is 0 Å². The standard InChI is InChI=1S/C7H8F6/c1-4-2-3-5(8,9)7(12,13)6(4,10)11/h4H,2-3H2,1H3. The zero-order chi connectivity index (χ0) is 10.5. The summed E-state index contributed by atoms with van der Waals surface area (Å²) in [6.07, 6.45) is -1.77. The van der Waals surface area contributed by atoms with Crippen LogP contribution in [0.3, 0.4) is 0 Å². The lowest BCUT2D eigenvalue weighted by Crippen LogP contribution is -2.60. The molecule has 0 aromatic rings. The van der Waals surface area contributed by atoms with Crippen molar-refractivity contribution >= 4 is 0 Å². The average molecular weight is 206 g/mol. The maximum Gasteiger partial charge on any atom is 0.372 e. The van der Waals surface area contributed by atoms with Gasteiger partial charge in [-0.1, -0.05) is 6.92 Å². The van der Waals surface area contributed by atoms with Gasteiger partial charge >= 0.3 is 17.8 Å². The minimum absolute atomic E-state index is 0.588. The third-order valence-corrected chi connectivity index (χ3v) is 2.39. The lowest BCUT2D eigenvalue weighted by atomic mass is 9.81. The fraction of sp³-hybridized carbons (Fsp3) is 1.00. The van der Waals surface area contributed by atoms with Gasteiger partial charge in [0.25, 0.3) is 0 Å². The van der Waals surface area contributed by atoms with Crippen molar-refractivity contribution < 1.29 is 26.3 Å². The van der Waals surface area contributed by atoms with E-state index in [9.17, 15) is 26.3 Å². The molecule has 1 atom stereocenters. The molecule has 1 aliphatic rings. The molecule has 1 fully saturated rings. The molecule has 6 heteroatoms. The van der Waals surface area contributed by atoms with Gasteiger partial charge < -0.3 is 0 Å². The minimum Gasteiger partial charge on any atom is -0.200 e. The maximum atomic E-state index is 12.6. The van der Waals surface area contributed by atoms with Crippen LogP contribution in [0.2, 0.25) is 0 Å². The maximum absolute atomic E-state index is 12.6. The molecule has 0 saturated heterocycles. The Kier molecular flexibility index (Phi) is 2.08. The molecule has 1 saturated carbocycles. The van der Waals surface area contributed by atoms with Crippen molar-refractivity contribution in [2.24, 2.45) is 5.92 Å². The zero-order valence-corrected chi connectivity index (χ0v) is 6.76. The highest BCUT2D eigenvalue weighted by atomic mass is 19.3. The Morgan fingerprint density at radius 1 is 1.00 bits per heavy atom. The highest BCUT2D eigenvalue weighted by Crippen LogP contribution is 2.55. The first-order chi connectivity index (χ1) is 5.63. The fourth-order valence-electron chi connectivity index (χ4n) is 1.29. The third kappa shape index (κ3) is 1.21. The van der Waals surface area contributed by atoms with Crippen LogP contribution in [0.5, 0.6) is 0 Å². The van der Waals surface area contributed by atoms with Gasteiger partial charge in [-0.15, -0.1) is 0 Å². The van der Waals surface area contributed by atoms with Crippen molar-refractivity contribution in [1.82, 2.24) is 0 Å². The highest BCUT2D eigenvalue weighted by molar-refractivity contribution is 5.02. The second-order valence-electron chi connectivity index (χ2n) is 3.34. The van der Waals surface area contributed by atoms with Gasteiger partial charge in [0.15, 0.2) is 0 Å². The van der Waals surface area contributed by atoms with Crippen LogP contribution >= 0.6 is 0 Å². The molecule has 0 aromatic heterocycles. The largest absolute Gasteiger partial charge is 0.372 e. The van der Waals surface area contributed by atoms with Gasteiger partial charge in [0, 0.05) is 12.3 Å². The highest BCUT2D eigenvalue weighted by Gasteiger charge is 2.75. The van der Waals surface area contributed by atoms with E-state index in [-0.39, 0.29) is 0 Å². The molecule has 1 aliphatic carbocycles. The van der Waals surface area contributed by atoms with Gasteiger partial charge in [-0.3, -0.25) is 0 Å². The van der Waals surface area contributed by atoms with Crippen LogP contribution in [0.15, 0.2) is 0 Å². The molecule has 0 bridgehead atoms. The molecule has 0 nitrogen and oxygen atoms in total. The summed E-state index contributed by atoms with van der Waals surface area (Å²) in [6, 6.07) is 0. The Morgan fingerprint density at radius 2 is 1.46 bits per heavy atom. The van der Waals surface area contributed by atoms with Crippen LogP contribution in [0, 0.1) is 5.92 Å². The SMILES string of the molecule is CC1CCC(F)(F)C(F)(F)C1(F)F. The lowest BCUT2D eigenvalue weighted by molar-refractivity contribution is -0.344. The Balaban J connectivity index is 3.07. The van der Waals surface area contributed by atoms with E-state index < -0.39 is 36.5 Å². The van der Waals surface area contributed by atoms with E-state index in [1.54, 1.807) is 0 Å². The topological polar surface area (TPSA) is 0 Å². The Bertz CT molecular complexity index is 209. The molecule has 1 unspecified atom stereocenters. The summed E-state index contributed by atoms with van der Waals surface area (Å²) in [5, 5.41) is 0. The summed E-state index contributed by atoms with van der Waals surface area (Å²) in [6.45, 7) is 0.850. The molecule has 0 heterocycles. The summed E-state index contributed by atoms with van der Waals surface area (Å²) < 4.78 is 75.1. The van der Waals surface area contributed by atoms with Crippen LogP contribution in [0.4, 0.5) is 26.3 Å². The smallest absolute Gasteiger partial charge is 0.200 e. The van der Waals surface area contributed by atoms with Gasteiger partial charge in [-0.2, -0.15) is 26.3 Å². The molecule has 0 spiro atoms. The van der Waals surface area contributed by atoms with Crippen molar-refractivity contribution in [1.29, 1.82) is 0 Å². The van der Waals surface area contributed by atoms with E-state index in [1.165, 1.54) is 0 Å². The van der Waals surface area contributed by atoms with Crippen molar-refractivity contribution in [3.63, 3.8) is 0 Å². The van der Waals surface area contributed by atoms with E-state index in [1.807, 2.05) is 0 Å². The summed E-state index contributed by atoms with van der Waals surface area (Å²) in [5.74, 6) is -16.1. The predicted octanol–water partition coefficient (Wildman–Crippen LogP) is 3.32. The van der Waals surface area contributed by atoms with Gasteiger partial charge in [-0.05, 0) is 6.42 Å². The fourth-order valence-corrected chi connectivity index (χ4v) is 1.29. The van der Waals surface area contributed by atoms with Crippen LogP contribution in [0.1, 0.15) is 19.8 Å². The number of rotatable bonds is 0. The Labute approximate surface area is 70.9 Å². The van der Waals surface area contributed by atoms with Gasteiger partial charge in [-0.25, -0.2) is 0 Å². The number of hydrogen-bond acceptors (Lipinski definition) is 0. The van der Waals surface area contributed by atoms with Crippen LogP contribution in [-0.2, 0) is 0 Å². The second kappa shape index (κ2) is 2.54. The van der Waals surface area contributed by atoms with E-state index in [0.717, 1.165) is 6.92 Å². The minimum atomic E-state index is -5.22. The van der Waals surface area contributed by atoms with Crippen LogP contribution in [-0.4, -0.2) is 17.8 Å². The Hall–Kier alpha value is -0.420. The van der Waals surface area contributed by atoms with Gasteiger partial charge in [0.05, 0.1) is 0 Å². The first kappa shape index (κ1) is 10.7.